The lowest BCUT2D eigenvalue weighted by Gasteiger charge is -2.42. The van der Waals surface area contributed by atoms with Gasteiger partial charge in [-0.15, -0.1) is 0 Å². The van der Waals surface area contributed by atoms with Gasteiger partial charge >= 0.3 is 0 Å². The van der Waals surface area contributed by atoms with Crippen molar-refractivity contribution in [2.45, 2.75) is 38.3 Å². The summed E-state index contributed by atoms with van der Waals surface area (Å²) in [4.78, 5) is 14.0. The molecule has 1 unspecified atom stereocenters. The Labute approximate surface area is 91.4 Å². The highest BCUT2D eigenvalue weighted by Gasteiger charge is 2.38. The number of carbonyl (C=O) groups excluding carboxylic acids is 1. The van der Waals surface area contributed by atoms with Gasteiger partial charge in [0.05, 0.1) is 5.54 Å². The third-order valence-electron chi connectivity index (χ3n) is 3.62. The molecule has 0 aromatic carbocycles. The molecular weight excluding hydrogens is 190 g/mol. The van der Waals surface area contributed by atoms with Gasteiger partial charge in [0.2, 0.25) is 5.91 Å². The second kappa shape index (κ2) is 4.10. The minimum Gasteiger partial charge on any atom is -0.353 e. The van der Waals surface area contributed by atoms with Gasteiger partial charge in [-0.25, -0.2) is 0 Å². The Bertz CT molecular complexity index is 246. The van der Waals surface area contributed by atoms with Crippen LogP contribution < -0.4 is 10.6 Å². The fourth-order valence-electron chi connectivity index (χ4n) is 2.44. The van der Waals surface area contributed by atoms with Crippen LogP contribution >= 0.6 is 0 Å². The molecule has 4 heteroatoms. The van der Waals surface area contributed by atoms with Crippen molar-refractivity contribution in [3.05, 3.63) is 0 Å². The number of amides is 1. The van der Waals surface area contributed by atoms with E-state index in [0.29, 0.717) is 6.04 Å². The largest absolute Gasteiger partial charge is 0.353 e. The lowest BCUT2D eigenvalue weighted by molar-refractivity contribution is -0.135. The number of nitrogens with one attached hydrogen (secondary N) is 2. The van der Waals surface area contributed by atoms with E-state index in [4.69, 9.17) is 0 Å². The van der Waals surface area contributed by atoms with Crippen LogP contribution in [0.15, 0.2) is 0 Å². The maximum atomic E-state index is 11.7. The fraction of sp³-hybridized carbons (Fsp3) is 0.909. The lowest BCUT2D eigenvalue weighted by atomic mass is 9.98. The molecule has 1 atom stereocenters. The Balaban J connectivity index is 1.97. The van der Waals surface area contributed by atoms with Crippen LogP contribution in [0.2, 0.25) is 0 Å². The molecule has 1 amide bonds. The Morgan fingerprint density at radius 2 is 2.27 bits per heavy atom. The molecule has 0 aromatic heterocycles. The molecule has 0 radical (unpaired) electrons. The topological polar surface area (TPSA) is 44.4 Å². The van der Waals surface area contributed by atoms with Gasteiger partial charge in [0.25, 0.3) is 0 Å². The van der Waals surface area contributed by atoms with E-state index in [9.17, 15) is 4.79 Å². The molecular formula is C11H21N3O. The third-order valence-corrected chi connectivity index (χ3v) is 3.62. The summed E-state index contributed by atoms with van der Waals surface area (Å²) in [5.41, 5.74) is -0.345. The number of rotatable bonds is 2. The Morgan fingerprint density at radius 1 is 1.47 bits per heavy atom. The molecule has 2 N–H and O–H groups in total. The molecule has 0 bridgehead atoms. The SMILES string of the molecule is CC1(C)C(=O)NCCN1CC1CCCN1. The fourth-order valence-corrected chi connectivity index (χ4v) is 2.44. The predicted molar refractivity (Wildman–Crippen MR) is 59.7 cm³/mol. The van der Waals surface area contributed by atoms with E-state index in [1.165, 1.54) is 12.8 Å². The van der Waals surface area contributed by atoms with Crippen LogP contribution in [0.25, 0.3) is 0 Å². The zero-order valence-corrected chi connectivity index (χ0v) is 9.68. The van der Waals surface area contributed by atoms with Crippen molar-refractivity contribution in [2.24, 2.45) is 0 Å². The smallest absolute Gasteiger partial charge is 0.240 e. The molecule has 0 spiro atoms. The van der Waals surface area contributed by atoms with Gasteiger partial charge in [0.15, 0.2) is 0 Å². The molecule has 2 heterocycles. The van der Waals surface area contributed by atoms with Gasteiger partial charge in [-0.3, -0.25) is 9.69 Å². The first-order chi connectivity index (χ1) is 7.10. The molecule has 0 aliphatic carbocycles. The Hall–Kier alpha value is -0.610. The van der Waals surface area contributed by atoms with E-state index in [2.05, 4.69) is 15.5 Å². The summed E-state index contributed by atoms with van der Waals surface area (Å²) < 4.78 is 0. The summed E-state index contributed by atoms with van der Waals surface area (Å²) >= 11 is 0. The molecule has 2 aliphatic rings. The van der Waals surface area contributed by atoms with Gasteiger partial charge in [-0.2, -0.15) is 0 Å². The molecule has 0 saturated carbocycles. The molecule has 4 nitrogen and oxygen atoms in total. The van der Waals surface area contributed by atoms with E-state index in [1.54, 1.807) is 0 Å². The normalized spacial score (nSPS) is 31.6. The van der Waals surface area contributed by atoms with Crippen molar-refractivity contribution < 1.29 is 4.79 Å². The van der Waals surface area contributed by atoms with Crippen LogP contribution in [-0.4, -0.2) is 48.6 Å². The quantitative estimate of drug-likeness (QED) is 0.673. The summed E-state index contributed by atoms with van der Waals surface area (Å²) in [5.74, 6) is 0.159. The van der Waals surface area contributed by atoms with Crippen molar-refractivity contribution in [2.75, 3.05) is 26.2 Å². The Kier molecular flexibility index (Phi) is 2.98. The molecule has 0 aromatic rings. The van der Waals surface area contributed by atoms with Gasteiger partial charge in [-0.1, -0.05) is 0 Å². The van der Waals surface area contributed by atoms with Crippen LogP contribution in [0.5, 0.6) is 0 Å². The molecule has 86 valence electrons. The average molecular weight is 211 g/mol. The molecule has 2 fully saturated rings. The highest BCUT2D eigenvalue weighted by atomic mass is 16.2. The maximum absolute atomic E-state index is 11.7. The Morgan fingerprint density at radius 3 is 2.93 bits per heavy atom. The lowest BCUT2D eigenvalue weighted by Crippen LogP contribution is -2.63. The highest BCUT2D eigenvalue weighted by Crippen LogP contribution is 2.19. The monoisotopic (exact) mass is 211 g/mol. The number of nitrogens with zero attached hydrogens (tertiary/aromatic N) is 1. The zero-order valence-electron chi connectivity index (χ0n) is 9.68. The van der Waals surface area contributed by atoms with E-state index in [0.717, 1.165) is 26.2 Å². The van der Waals surface area contributed by atoms with Crippen molar-refractivity contribution >= 4 is 5.91 Å². The van der Waals surface area contributed by atoms with Crippen LogP contribution in [0, 0.1) is 0 Å². The van der Waals surface area contributed by atoms with E-state index in [1.807, 2.05) is 13.8 Å². The standard InChI is InChI=1S/C11H21N3O/c1-11(2)10(15)13-6-7-14(11)8-9-4-3-5-12-9/h9,12H,3-8H2,1-2H3,(H,13,15). The van der Waals surface area contributed by atoms with Gasteiger partial charge in [0, 0.05) is 25.7 Å². The number of hydrogen-bond acceptors (Lipinski definition) is 3. The van der Waals surface area contributed by atoms with Crippen molar-refractivity contribution in [1.29, 1.82) is 0 Å². The summed E-state index contributed by atoms with van der Waals surface area (Å²) in [6.45, 7) is 7.91. The second-order valence-corrected chi connectivity index (χ2v) is 5.05. The first kappa shape index (κ1) is 10.9. The summed E-state index contributed by atoms with van der Waals surface area (Å²) in [6.07, 6.45) is 2.51. The van der Waals surface area contributed by atoms with Crippen molar-refractivity contribution in [1.82, 2.24) is 15.5 Å². The minimum absolute atomic E-state index is 0.159. The molecule has 15 heavy (non-hydrogen) atoms. The maximum Gasteiger partial charge on any atom is 0.240 e. The van der Waals surface area contributed by atoms with Gasteiger partial charge < -0.3 is 10.6 Å². The number of hydrogen-bond donors (Lipinski definition) is 2. The zero-order chi connectivity index (χ0) is 10.9. The molecule has 2 saturated heterocycles. The predicted octanol–water partition coefficient (Wildman–Crippen LogP) is -0.0512. The third kappa shape index (κ3) is 2.16. The van der Waals surface area contributed by atoms with Gasteiger partial charge in [-0.05, 0) is 33.2 Å². The molecule has 2 rings (SSSR count). The number of carbonyl (C=O) groups is 1. The van der Waals surface area contributed by atoms with E-state index < -0.39 is 0 Å². The first-order valence-corrected chi connectivity index (χ1v) is 5.87. The minimum atomic E-state index is -0.345. The van der Waals surface area contributed by atoms with Crippen LogP contribution in [0.4, 0.5) is 0 Å². The second-order valence-electron chi connectivity index (χ2n) is 5.05. The summed E-state index contributed by atoms with van der Waals surface area (Å²) in [5, 5.41) is 6.41. The van der Waals surface area contributed by atoms with E-state index >= 15 is 0 Å². The van der Waals surface area contributed by atoms with Gasteiger partial charge in [0.1, 0.15) is 0 Å². The van der Waals surface area contributed by atoms with Crippen LogP contribution in [-0.2, 0) is 4.79 Å². The van der Waals surface area contributed by atoms with E-state index in [-0.39, 0.29) is 11.4 Å². The number of piperazine rings is 1. The van der Waals surface area contributed by atoms with Crippen molar-refractivity contribution in [3.63, 3.8) is 0 Å². The summed E-state index contributed by atoms with van der Waals surface area (Å²) in [7, 11) is 0. The molecule has 2 aliphatic heterocycles. The first-order valence-electron chi connectivity index (χ1n) is 5.87. The van der Waals surface area contributed by atoms with Crippen molar-refractivity contribution in [3.8, 4) is 0 Å². The van der Waals surface area contributed by atoms with Crippen LogP contribution in [0.1, 0.15) is 26.7 Å². The highest BCUT2D eigenvalue weighted by molar-refractivity contribution is 5.86. The summed E-state index contributed by atoms with van der Waals surface area (Å²) in [6, 6.07) is 0.579. The average Bonchev–Trinajstić information content (AvgIpc) is 2.66. The van der Waals surface area contributed by atoms with Crippen LogP contribution in [0.3, 0.4) is 0 Å².